The Morgan fingerprint density at radius 3 is 2.53 bits per heavy atom. The first-order chi connectivity index (χ1) is 16.3. The van der Waals surface area contributed by atoms with E-state index in [2.05, 4.69) is 32.0 Å². The number of benzene rings is 2. The Kier molecular flexibility index (Phi) is 7.63. The van der Waals surface area contributed by atoms with E-state index in [1.165, 1.54) is 23.3 Å². The predicted molar refractivity (Wildman–Crippen MR) is 123 cm³/mol. The lowest BCUT2D eigenvalue weighted by atomic mass is 9.93. The van der Waals surface area contributed by atoms with Gasteiger partial charge in [0, 0.05) is 45.5 Å². The zero-order chi connectivity index (χ0) is 24.1. The number of halogens is 3. The number of carbonyl (C=O) groups is 1. The summed E-state index contributed by atoms with van der Waals surface area (Å²) in [5.41, 5.74) is 4.39. The SMILES string of the molecule is CNC(=O)Cc1ccc2c(c1)CCO[C@H]2CCN1CCN(c2ccc(OC(F)(F)F)cc2)CC1. The topological polar surface area (TPSA) is 54.0 Å². The minimum absolute atomic E-state index is 0.00767. The predicted octanol–water partition coefficient (Wildman–Crippen LogP) is 3.70. The summed E-state index contributed by atoms with van der Waals surface area (Å²) in [6.07, 6.45) is -2.48. The lowest BCUT2D eigenvalue weighted by molar-refractivity contribution is -0.274. The number of hydrogen-bond acceptors (Lipinski definition) is 5. The zero-order valence-electron chi connectivity index (χ0n) is 19.2. The van der Waals surface area contributed by atoms with Crippen LogP contribution in [0.25, 0.3) is 0 Å². The molecule has 1 saturated heterocycles. The number of nitrogens with one attached hydrogen (secondary N) is 1. The molecular formula is C25H30F3N3O3. The fraction of sp³-hybridized carbons (Fsp3) is 0.480. The van der Waals surface area contributed by atoms with Gasteiger partial charge in [0.1, 0.15) is 5.75 Å². The van der Waals surface area contributed by atoms with Gasteiger partial charge in [0.05, 0.1) is 19.1 Å². The molecule has 0 aliphatic carbocycles. The maximum absolute atomic E-state index is 12.3. The van der Waals surface area contributed by atoms with Crippen LogP contribution in [0, 0.1) is 0 Å². The molecule has 1 N–H and O–H groups in total. The van der Waals surface area contributed by atoms with Crippen LogP contribution in [0.5, 0.6) is 5.75 Å². The number of ether oxygens (including phenoxy) is 2. The van der Waals surface area contributed by atoms with Crippen LogP contribution in [0.1, 0.15) is 29.2 Å². The largest absolute Gasteiger partial charge is 0.573 e. The molecule has 1 fully saturated rings. The van der Waals surface area contributed by atoms with Crippen LogP contribution in [0.4, 0.5) is 18.9 Å². The van der Waals surface area contributed by atoms with Crippen molar-refractivity contribution >= 4 is 11.6 Å². The van der Waals surface area contributed by atoms with Crippen LogP contribution in [0.15, 0.2) is 42.5 Å². The van der Waals surface area contributed by atoms with Crippen molar-refractivity contribution in [1.29, 1.82) is 0 Å². The maximum Gasteiger partial charge on any atom is 0.573 e. The van der Waals surface area contributed by atoms with Gasteiger partial charge in [0.25, 0.3) is 0 Å². The summed E-state index contributed by atoms with van der Waals surface area (Å²) in [4.78, 5) is 16.3. The number of carbonyl (C=O) groups excluding carboxylic acids is 1. The summed E-state index contributed by atoms with van der Waals surface area (Å²) in [7, 11) is 1.65. The summed E-state index contributed by atoms with van der Waals surface area (Å²) in [5.74, 6) is -0.198. The first-order valence-electron chi connectivity index (χ1n) is 11.6. The number of nitrogens with zero attached hydrogens (tertiary/aromatic N) is 2. The molecule has 2 aliphatic heterocycles. The Bertz CT molecular complexity index is 974. The summed E-state index contributed by atoms with van der Waals surface area (Å²) in [6, 6.07) is 12.3. The number of fused-ring (bicyclic) bond motifs is 1. The summed E-state index contributed by atoms with van der Waals surface area (Å²) < 4.78 is 47.0. The molecule has 0 saturated carbocycles. The van der Waals surface area contributed by atoms with E-state index in [4.69, 9.17) is 4.74 Å². The van der Waals surface area contributed by atoms with Crippen LogP contribution in [-0.4, -0.2) is 63.5 Å². The van der Waals surface area contributed by atoms with E-state index < -0.39 is 6.36 Å². The van der Waals surface area contributed by atoms with Gasteiger partial charge in [-0.2, -0.15) is 0 Å². The minimum Gasteiger partial charge on any atom is -0.406 e. The molecule has 0 aromatic heterocycles. The van der Waals surface area contributed by atoms with Gasteiger partial charge in [-0.1, -0.05) is 18.2 Å². The van der Waals surface area contributed by atoms with Crippen molar-refractivity contribution in [3.63, 3.8) is 0 Å². The molecule has 184 valence electrons. The normalized spacial score (nSPS) is 18.9. The number of piperazine rings is 1. The lowest BCUT2D eigenvalue weighted by Gasteiger charge is -2.37. The third-order valence-electron chi connectivity index (χ3n) is 6.40. The third kappa shape index (κ3) is 6.42. The standard InChI is InChI=1S/C25H30F3N3O3/c1-29-24(32)17-18-2-7-22-19(16-18)9-15-33-23(22)8-10-30-11-13-31(14-12-30)20-3-5-21(6-4-20)34-25(26,27)28/h2-7,16,23H,8-15,17H2,1H3,(H,29,32)/t23-/m0/s1. The molecule has 0 unspecified atom stereocenters. The van der Waals surface area contributed by atoms with E-state index in [-0.39, 0.29) is 17.8 Å². The molecule has 9 heteroatoms. The van der Waals surface area contributed by atoms with Crippen molar-refractivity contribution in [3.8, 4) is 5.75 Å². The average molecular weight is 478 g/mol. The Morgan fingerprint density at radius 1 is 1.12 bits per heavy atom. The molecule has 2 aliphatic rings. The van der Waals surface area contributed by atoms with Crippen LogP contribution in [0.2, 0.25) is 0 Å². The number of rotatable bonds is 7. The highest BCUT2D eigenvalue weighted by molar-refractivity contribution is 5.78. The van der Waals surface area contributed by atoms with Crippen molar-refractivity contribution < 1.29 is 27.4 Å². The second-order valence-corrected chi connectivity index (χ2v) is 8.65. The molecule has 2 aromatic carbocycles. The van der Waals surface area contributed by atoms with Crippen molar-refractivity contribution in [2.75, 3.05) is 51.3 Å². The van der Waals surface area contributed by atoms with Crippen molar-refractivity contribution in [3.05, 3.63) is 59.2 Å². The summed E-state index contributed by atoms with van der Waals surface area (Å²) in [6.45, 7) is 4.98. The number of likely N-dealkylation sites (N-methyl/N-ethyl adjacent to an activating group) is 1. The van der Waals surface area contributed by atoms with Gasteiger partial charge in [-0.15, -0.1) is 13.2 Å². The average Bonchev–Trinajstić information content (AvgIpc) is 2.82. The van der Waals surface area contributed by atoms with Crippen molar-refractivity contribution in [2.24, 2.45) is 0 Å². The number of amides is 1. The highest BCUT2D eigenvalue weighted by atomic mass is 19.4. The molecular weight excluding hydrogens is 447 g/mol. The molecule has 34 heavy (non-hydrogen) atoms. The first-order valence-corrected chi connectivity index (χ1v) is 11.6. The zero-order valence-corrected chi connectivity index (χ0v) is 19.2. The van der Waals surface area contributed by atoms with Gasteiger partial charge in [0.2, 0.25) is 5.91 Å². The van der Waals surface area contributed by atoms with E-state index in [1.54, 1.807) is 19.2 Å². The maximum atomic E-state index is 12.3. The van der Waals surface area contributed by atoms with E-state index in [0.717, 1.165) is 56.8 Å². The minimum atomic E-state index is -4.68. The monoisotopic (exact) mass is 477 g/mol. The fourth-order valence-corrected chi connectivity index (χ4v) is 4.60. The Labute approximate surface area is 197 Å². The molecule has 1 atom stereocenters. The molecule has 1 amide bonds. The van der Waals surface area contributed by atoms with E-state index >= 15 is 0 Å². The molecule has 2 aromatic rings. The van der Waals surface area contributed by atoms with Gasteiger partial charge in [-0.3, -0.25) is 9.69 Å². The number of alkyl halides is 3. The summed E-state index contributed by atoms with van der Waals surface area (Å²) >= 11 is 0. The van der Waals surface area contributed by atoms with Gasteiger partial charge in [-0.05, 0) is 53.8 Å². The van der Waals surface area contributed by atoms with Gasteiger partial charge < -0.3 is 19.7 Å². The smallest absolute Gasteiger partial charge is 0.406 e. The second-order valence-electron chi connectivity index (χ2n) is 8.65. The Morgan fingerprint density at radius 2 is 1.85 bits per heavy atom. The van der Waals surface area contributed by atoms with Crippen LogP contribution < -0.4 is 15.0 Å². The highest BCUT2D eigenvalue weighted by Gasteiger charge is 2.31. The molecule has 0 bridgehead atoms. The van der Waals surface area contributed by atoms with Gasteiger partial charge in [0.15, 0.2) is 0 Å². The van der Waals surface area contributed by atoms with Crippen molar-refractivity contribution in [1.82, 2.24) is 10.2 Å². The molecule has 0 spiro atoms. The van der Waals surface area contributed by atoms with E-state index in [1.807, 2.05) is 6.07 Å². The van der Waals surface area contributed by atoms with Gasteiger partial charge >= 0.3 is 6.36 Å². The second kappa shape index (κ2) is 10.7. The number of anilines is 1. The van der Waals surface area contributed by atoms with E-state index in [0.29, 0.717) is 13.0 Å². The summed E-state index contributed by atoms with van der Waals surface area (Å²) in [5, 5.41) is 2.66. The van der Waals surface area contributed by atoms with Crippen molar-refractivity contribution in [2.45, 2.75) is 31.7 Å². The van der Waals surface area contributed by atoms with Crippen LogP contribution in [0.3, 0.4) is 0 Å². The molecule has 6 nitrogen and oxygen atoms in total. The lowest BCUT2D eigenvalue weighted by Crippen LogP contribution is -2.46. The Balaban J connectivity index is 1.27. The fourth-order valence-electron chi connectivity index (χ4n) is 4.60. The molecule has 0 radical (unpaired) electrons. The third-order valence-corrected chi connectivity index (χ3v) is 6.40. The number of hydrogen-bond donors (Lipinski definition) is 1. The van der Waals surface area contributed by atoms with E-state index in [9.17, 15) is 18.0 Å². The van der Waals surface area contributed by atoms with Gasteiger partial charge in [-0.25, -0.2) is 0 Å². The molecule has 2 heterocycles. The quantitative estimate of drug-likeness (QED) is 0.659. The van der Waals surface area contributed by atoms with Crippen LogP contribution >= 0.6 is 0 Å². The molecule has 4 rings (SSSR count). The highest BCUT2D eigenvalue weighted by Crippen LogP contribution is 2.31. The Hall–Kier alpha value is -2.78. The first kappa shape index (κ1) is 24.3. The van der Waals surface area contributed by atoms with Crippen LogP contribution in [-0.2, 0) is 22.4 Å².